The summed E-state index contributed by atoms with van der Waals surface area (Å²) in [5, 5.41) is 4.22. The van der Waals surface area contributed by atoms with Crippen LogP contribution in [0.2, 0.25) is 10.0 Å². The van der Waals surface area contributed by atoms with Crippen LogP contribution < -0.4 is 10.1 Å². The first kappa shape index (κ1) is 16.1. The molecule has 0 amide bonds. The minimum atomic E-state index is -0.335. The van der Waals surface area contributed by atoms with Gasteiger partial charge in [-0.2, -0.15) is 0 Å². The Bertz CT molecular complexity index is 634. The molecular weight excluding hydrogens is 312 g/mol. The van der Waals surface area contributed by atoms with E-state index in [1.165, 1.54) is 12.1 Å². The fourth-order valence-corrected chi connectivity index (χ4v) is 2.63. The zero-order chi connectivity index (χ0) is 15.4. The lowest BCUT2D eigenvalue weighted by molar-refractivity contribution is 0.413. The SMILES string of the molecule is CNC(Cc1ccc(F)cc1Cl)c1ccc(Cl)c(OC)c1. The van der Waals surface area contributed by atoms with Crippen molar-refractivity contribution in [2.75, 3.05) is 14.2 Å². The molecule has 1 unspecified atom stereocenters. The van der Waals surface area contributed by atoms with Crippen LogP contribution in [-0.2, 0) is 6.42 Å². The fraction of sp³-hybridized carbons (Fsp3) is 0.250. The third-order valence-corrected chi connectivity index (χ3v) is 4.03. The van der Waals surface area contributed by atoms with E-state index in [1.807, 2.05) is 19.2 Å². The second kappa shape index (κ2) is 7.12. The van der Waals surface area contributed by atoms with Crippen molar-refractivity contribution in [2.45, 2.75) is 12.5 Å². The van der Waals surface area contributed by atoms with Gasteiger partial charge in [0.15, 0.2) is 0 Å². The molecule has 1 N–H and O–H groups in total. The molecule has 0 saturated carbocycles. The molecule has 0 aliphatic rings. The number of hydrogen-bond donors (Lipinski definition) is 1. The third-order valence-electron chi connectivity index (χ3n) is 3.37. The first-order valence-corrected chi connectivity index (χ1v) is 7.25. The topological polar surface area (TPSA) is 21.3 Å². The summed E-state index contributed by atoms with van der Waals surface area (Å²) in [4.78, 5) is 0. The zero-order valence-electron chi connectivity index (χ0n) is 11.8. The Morgan fingerprint density at radius 1 is 1.14 bits per heavy atom. The number of methoxy groups -OCH3 is 1. The lowest BCUT2D eigenvalue weighted by atomic mass is 9.98. The fourth-order valence-electron chi connectivity index (χ4n) is 2.19. The molecule has 0 fully saturated rings. The van der Waals surface area contributed by atoms with E-state index < -0.39 is 0 Å². The summed E-state index contributed by atoms with van der Waals surface area (Å²) in [6, 6.07) is 10.1. The molecule has 0 spiro atoms. The summed E-state index contributed by atoms with van der Waals surface area (Å²) in [7, 11) is 3.44. The number of hydrogen-bond acceptors (Lipinski definition) is 2. The Hall–Kier alpha value is -1.29. The monoisotopic (exact) mass is 327 g/mol. The second-order valence-electron chi connectivity index (χ2n) is 4.68. The van der Waals surface area contributed by atoms with E-state index in [2.05, 4.69) is 5.32 Å². The molecule has 2 rings (SSSR count). The van der Waals surface area contributed by atoms with Crippen molar-refractivity contribution in [3.63, 3.8) is 0 Å². The number of nitrogens with one attached hydrogen (secondary N) is 1. The van der Waals surface area contributed by atoms with Crippen molar-refractivity contribution < 1.29 is 9.13 Å². The van der Waals surface area contributed by atoms with E-state index >= 15 is 0 Å². The second-order valence-corrected chi connectivity index (χ2v) is 5.49. The smallest absolute Gasteiger partial charge is 0.137 e. The summed E-state index contributed by atoms with van der Waals surface area (Å²) in [5.41, 5.74) is 1.91. The predicted octanol–water partition coefficient (Wildman–Crippen LogP) is 4.64. The summed E-state index contributed by atoms with van der Waals surface area (Å²) < 4.78 is 18.3. The highest BCUT2D eigenvalue weighted by atomic mass is 35.5. The molecule has 5 heteroatoms. The third kappa shape index (κ3) is 3.88. The van der Waals surface area contributed by atoms with Gasteiger partial charge in [0.2, 0.25) is 0 Å². The normalized spacial score (nSPS) is 12.2. The van der Waals surface area contributed by atoms with Crippen LogP contribution in [0.5, 0.6) is 5.75 Å². The molecule has 0 aliphatic heterocycles. The lowest BCUT2D eigenvalue weighted by Crippen LogP contribution is -2.19. The maximum atomic E-state index is 13.1. The van der Waals surface area contributed by atoms with Crippen molar-refractivity contribution in [3.05, 3.63) is 63.4 Å². The minimum absolute atomic E-state index is 0.0270. The maximum Gasteiger partial charge on any atom is 0.137 e. The molecule has 0 saturated heterocycles. The van der Waals surface area contributed by atoms with E-state index in [1.54, 1.807) is 19.2 Å². The Morgan fingerprint density at radius 2 is 1.90 bits per heavy atom. The van der Waals surface area contributed by atoms with Crippen LogP contribution >= 0.6 is 23.2 Å². The summed E-state index contributed by atoms with van der Waals surface area (Å²) in [5.74, 6) is 0.289. The molecule has 21 heavy (non-hydrogen) atoms. The Labute approximate surface area is 133 Å². The van der Waals surface area contributed by atoms with E-state index in [4.69, 9.17) is 27.9 Å². The molecule has 112 valence electrons. The van der Waals surface area contributed by atoms with E-state index in [0.29, 0.717) is 22.2 Å². The average Bonchev–Trinajstić information content (AvgIpc) is 2.47. The average molecular weight is 328 g/mol. The highest BCUT2D eigenvalue weighted by molar-refractivity contribution is 6.32. The lowest BCUT2D eigenvalue weighted by Gasteiger charge is -2.18. The van der Waals surface area contributed by atoms with Crippen molar-refractivity contribution in [1.29, 1.82) is 0 Å². The predicted molar refractivity (Wildman–Crippen MR) is 84.9 cm³/mol. The van der Waals surface area contributed by atoms with Crippen LogP contribution in [0.4, 0.5) is 4.39 Å². The molecule has 1 atom stereocenters. The largest absolute Gasteiger partial charge is 0.495 e. The van der Waals surface area contributed by atoms with Crippen LogP contribution in [0.1, 0.15) is 17.2 Å². The van der Waals surface area contributed by atoms with Crippen molar-refractivity contribution >= 4 is 23.2 Å². The highest BCUT2D eigenvalue weighted by Crippen LogP contribution is 2.30. The number of ether oxygens (including phenoxy) is 1. The molecule has 0 heterocycles. The van der Waals surface area contributed by atoms with Gasteiger partial charge < -0.3 is 10.1 Å². The van der Waals surface area contributed by atoms with Gasteiger partial charge in [-0.25, -0.2) is 4.39 Å². The van der Waals surface area contributed by atoms with E-state index in [9.17, 15) is 4.39 Å². The quantitative estimate of drug-likeness (QED) is 0.863. The number of rotatable bonds is 5. The van der Waals surface area contributed by atoms with Gasteiger partial charge in [-0.3, -0.25) is 0 Å². The van der Waals surface area contributed by atoms with Crippen molar-refractivity contribution in [3.8, 4) is 5.75 Å². The number of benzene rings is 2. The van der Waals surface area contributed by atoms with Gasteiger partial charge in [-0.15, -0.1) is 0 Å². The van der Waals surface area contributed by atoms with Gasteiger partial charge in [0.1, 0.15) is 11.6 Å². The standard InChI is InChI=1S/C16H16Cl2FNO/c1-20-15(7-10-3-5-12(19)9-14(10)18)11-4-6-13(17)16(8-11)21-2/h3-6,8-9,15,20H,7H2,1-2H3. The molecule has 0 radical (unpaired) electrons. The van der Waals surface area contributed by atoms with Crippen LogP contribution in [0.3, 0.4) is 0 Å². The van der Waals surface area contributed by atoms with Crippen LogP contribution in [0.15, 0.2) is 36.4 Å². The first-order chi connectivity index (χ1) is 10.0. The van der Waals surface area contributed by atoms with Gasteiger partial charge in [0.05, 0.1) is 12.1 Å². The summed E-state index contributed by atoms with van der Waals surface area (Å²) >= 11 is 12.1. The van der Waals surface area contributed by atoms with E-state index in [-0.39, 0.29) is 11.9 Å². The van der Waals surface area contributed by atoms with Crippen LogP contribution in [0.25, 0.3) is 0 Å². The zero-order valence-corrected chi connectivity index (χ0v) is 13.3. The molecule has 2 nitrogen and oxygen atoms in total. The maximum absolute atomic E-state index is 13.1. The Balaban J connectivity index is 2.27. The summed E-state index contributed by atoms with van der Waals surface area (Å²) in [6.07, 6.45) is 0.639. The van der Waals surface area contributed by atoms with Gasteiger partial charge in [0, 0.05) is 11.1 Å². The molecule has 0 aromatic heterocycles. The molecule has 2 aromatic rings. The van der Waals surface area contributed by atoms with Gasteiger partial charge in [-0.1, -0.05) is 35.3 Å². The minimum Gasteiger partial charge on any atom is -0.495 e. The van der Waals surface area contributed by atoms with Crippen LogP contribution in [-0.4, -0.2) is 14.2 Å². The molecule has 0 bridgehead atoms. The number of likely N-dealkylation sites (N-methyl/N-ethyl adjacent to an activating group) is 1. The van der Waals surface area contributed by atoms with Crippen molar-refractivity contribution in [2.24, 2.45) is 0 Å². The molecule has 2 aromatic carbocycles. The van der Waals surface area contributed by atoms with Gasteiger partial charge >= 0.3 is 0 Å². The summed E-state index contributed by atoms with van der Waals surface area (Å²) in [6.45, 7) is 0. The van der Waals surface area contributed by atoms with Gasteiger partial charge in [0.25, 0.3) is 0 Å². The Kier molecular flexibility index (Phi) is 5.45. The van der Waals surface area contributed by atoms with E-state index in [0.717, 1.165) is 11.1 Å². The first-order valence-electron chi connectivity index (χ1n) is 6.49. The van der Waals surface area contributed by atoms with Crippen LogP contribution in [0, 0.1) is 5.82 Å². The molecule has 0 aliphatic carbocycles. The van der Waals surface area contributed by atoms with Crippen molar-refractivity contribution in [1.82, 2.24) is 5.32 Å². The highest BCUT2D eigenvalue weighted by Gasteiger charge is 2.14. The number of halogens is 3. The Morgan fingerprint density at radius 3 is 2.52 bits per heavy atom. The van der Waals surface area contributed by atoms with Gasteiger partial charge in [-0.05, 0) is 48.9 Å². The molecular formula is C16H16Cl2FNO.